The van der Waals surface area contributed by atoms with E-state index in [1.54, 1.807) is 6.33 Å². The van der Waals surface area contributed by atoms with Crippen molar-refractivity contribution >= 4 is 39.3 Å². The van der Waals surface area contributed by atoms with Crippen LogP contribution in [0.25, 0.3) is 0 Å². The van der Waals surface area contributed by atoms with Crippen molar-refractivity contribution in [1.29, 1.82) is 0 Å². The van der Waals surface area contributed by atoms with Gasteiger partial charge in [-0.15, -0.1) is 0 Å². The number of anilines is 2. The minimum Gasteiger partial charge on any atom is -0.372 e. The molecule has 6 heteroatoms. The standard InChI is InChI=1S/C9H13BrN4S/c1-11-8-7(10)9(13-5-12-8)14-6-2-3-15-4-6/h5-6H,2-4H2,1H3,(H2,11,12,13,14). The van der Waals surface area contributed by atoms with Crippen molar-refractivity contribution in [1.82, 2.24) is 9.97 Å². The quantitative estimate of drug-likeness (QED) is 0.893. The van der Waals surface area contributed by atoms with E-state index in [0.717, 1.165) is 21.9 Å². The zero-order valence-corrected chi connectivity index (χ0v) is 10.9. The molecule has 0 spiro atoms. The molecule has 2 N–H and O–H groups in total. The second-order valence-corrected chi connectivity index (χ2v) is 5.28. The molecule has 15 heavy (non-hydrogen) atoms. The Kier molecular flexibility index (Phi) is 3.69. The lowest BCUT2D eigenvalue weighted by molar-refractivity contribution is 0.804. The number of nitrogens with one attached hydrogen (secondary N) is 2. The van der Waals surface area contributed by atoms with Crippen molar-refractivity contribution in [3.63, 3.8) is 0 Å². The maximum atomic E-state index is 4.23. The van der Waals surface area contributed by atoms with Gasteiger partial charge >= 0.3 is 0 Å². The summed E-state index contributed by atoms with van der Waals surface area (Å²) >= 11 is 5.47. The average molecular weight is 289 g/mol. The SMILES string of the molecule is CNc1ncnc(NC2CCSC2)c1Br. The van der Waals surface area contributed by atoms with Gasteiger partial charge in [-0.05, 0) is 28.1 Å². The highest BCUT2D eigenvalue weighted by molar-refractivity contribution is 9.10. The minimum atomic E-state index is 0.533. The fourth-order valence-electron chi connectivity index (χ4n) is 1.49. The second kappa shape index (κ2) is 5.03. The van der Waals surface area contributed by atoms with Gasteiger partial charge in [0.1, 0.15) is 22.4 Å². The molecule has 1 atom stereocenters. The summed E-state index contributed by atoms with van der Waals surface area (Å²) in [5.74, 6) is 4.09. The first-order chi connectivity index (χ1) is 7.31. The van der Waals surface area contributed by atoms with Crippen LogP contribution in [0.5, 0.6) is 0 Å². The number of rotatable bonds is 3. The van der Waals surface area contributed by atoms with Crippen LogP contribution in [-0.4, -0.2) is 34.6 Å². The number of hydrogen-bond acceptors (Lipinski definition) is 5. The fraction of sp³-hybridized carbons (Fsp3) is 0.556. The molecule has 1 aromatic heterocycles. The van der Waals surface area contributed by atoms with Gasteiger partial charge in [0.2, 0.25) is 0 Å². The highest BCUT2D eigenvalue weighted by Crippen LogP contribution is 2.28. The first-order valence-corrected chi connectivity index (χ1v) is 6.78. The predicted molar refractivity (Wildman–Crippen MR) is 68.6 cm³/mol. The summed E-state index contributed by atoms with van der Waals surface area (Å²) in [5, 5.41) is 6.44. The smallest absolute Gasteiger partial charge is 0.146 e. The van der Waals surface area contributed by atoms with Gasteiger partial charge in [-0.2, -0.15) is 11.8 Å². The van der Waals surface area contributed by atoms with Crippen LogP contribution >= 0.6 is 27.7 Å². The van der Waals surface area contributed by atoms with E-state index in [0.29, 0.717) is 6.04 Å². The molecule has 2 rings (SSSR count). The van der Waals surface area contributed by atoms with Gasteiger partial charge in [-0.3, -0.25) is 0 Å². The predicted octanol–water partition coefficient (Wildman–Crippen LogP) is 2.20. The van der Waals surface area contributed by atoms with E-state index in [-0.39, 0.29) is 0 Å². The van der Waals surface area contributed by atoms with Gasteiger partial charge in [-0.25, -0.2) is 9.97 Å². The lowest BCUT2D eigenvalue weighted by Gasteiger charge is -2.14. The van der Waals surface area contributed by atoms with E-state index in [4.69, 9.17) is 0 Å². The number of hydrogen-bond donors (Lipinski definition) is 2. The Morgan fingerprint density at radius 1 is 1.47 bits per heavy atom. The molecule has 0 bridgehead atoms. The van der Waals surface area contributed by atoms with Crippen molar-refractivity contribution in [3.05, 3.63) is 10.8 Å². The zero-order chi connectivity index (χ0) is 10.7. The molecule has 1 aliphatic heterocycles. The van der Waals surface area contributed by atoms with Gasteiger partial charge in [-0.1, -0.05) is 0 Å². The molecule has 0 radical (unpaired) electrons. The van der Waals surface area contributed by atoms with Crippen molar-refractivity contribution in [2.75, 3.05) is 29.2 Å². The highest BCUT2D eigenvalue weighted by Gasteiger charge is 2.17. The van der Waals surface area contributed by atoms with Gasteiger partial charge < -0.3 is 10.6 Å². The third kappa shape index (κ3) is 2.55. The zero-order valence-electron chi connectivity index (χ0n) is 8.46. The third-order valence-electron chi connectivity index (χ3n) is 2.30. The van der Waals surface area contributed by atoms with Gasteiger partial charge in [0, 0.05) is 18.8 Å². The van der Waals surface area contributed by atoms with Crippen LogP contribution in [0.3, 0.4) is 0 Å². The lowest BCUT2D eigenvalue weighted by atomic mass is 10.2. The molecule has 1 aliphatic rings. The topological polar surface area (TPSA) is 49.8 Å². The Morgan fingerprint density at radius 3 is 2.93 bits per heavy atom. The van der Waals surface area contributed by atoms with Crippen molar-refractivity contribution in [2.45, 2.75) is 12.5 Å². The van der Waals surface area contributed by atoms with E-state index >= 15 is 0 Å². The van der Waals surface area contributed by atoms with Gasteiger partial charge in [0.25, 0.3) is 0 Å². The average Bonchev–Trinajstić information content (AvgIpc) is 2.74. The molecule has 1 fully saturated rings. The monoisotopic (exact) mass is 288 g/mol. The van der Waals surface area contributed by atoms with E-state index in [9.17, 15) is 0 Å². The summed E-state index contributed by atoms with van der Waals surface area (Å²) < 4.78 is 0.907. The molecule has 0 saturated carbocycles. The summed E-state index contributed by atoms with van der Waals surface area (Å²) in [5.41, 5.74) is 0. The van der Waals surface area contributed by atoms with Crippen molar-refractivity contribution in [2.24, 2.45) is 0 Å². The van der Waals surface area contributed by atoms with Crippen LogP contribution in [0.4, 0.5) is 11.6 Å². The van der Waals surface area contributed by atoms with Crippen LogP contribution in [0, 0.1) is 0 Å². The number of thioether (sulfide) groups is 1. The molecular weight excluding hydrogens is 276 g/mol. The fourth-order valence-corrected chi connectivity index (χ4v) is 3.16. The molecule has 0 aromatic carbocycles. The molecule has 1 unspecified atom stereocenters. The van der Waals surface area contributed by atoms with Gasteiger partial charge in [0.05, 0.1) is 0 Å². The Hall–Kier alpha value is -0.490. The summed E-state index contributed by atoms with van der Waals surface area (Å²) in [7, 11) is 1.85. The minimum absolute atomic E-state index is 0.533. The van der Waals surface area contributed by atoms with Crippen molar-refractivity contribution < 1.29 is 0 Å². The molecular formula is C9H13BrN4S. The largest absolute Gasteiger partial charge is 0.372 e. The normalized spacial score (nSPS) is 20.3. The number of nitrogens with zero attached hydrogens (tertiary/aromatic N) is 2. The van der Waals surface area contributed by atoms with E-state index < -0.39 is 0 Å². The van der Waals surface area contributed by atoms with E-state index in [1.165, 1.54) is 12.2 Å². The molecule has 2 heterocycles. The number of halogens is 1. The molecule has 0 amide bonds. The first-order valence-electron chi connectivity index (χ1n) is 4.84. The Bertz CT molecular complexity index is 341. The summed E-state index contributed by atoms with van der Waals surface area (Å²) in [4.78, 5) is 8.35. The first kappa shape index (κ1) is 11.0. The summed E-state index contributed by atoms with van der Waals surface area (Å²) in [6, 6.07) is 0.533. The lowest BCUT2D eigenvalue weighted by Crippen LogP contribution is -2.19. The Morgan fingerprint density at radius 2 is 2.27 bits per heavy atom. The van der Waals surface area contributed by atoms with E-state index in [1.807, 2.05) is 18.8 Å². The van der Waals surface area contributed by atoms with Crippen LogP contribution in [0.1, 0.15) is 6.42 Å². The van der Waals surface area contributed by atoms with Crippen LogP contribution in [0.2, 0.25) is 0 Å². The third-order valence-corrected chi connectivity index (χ3v) is 4.21. The number of aromatic nitrogens is 2. The van der Waals surface area contributed by atoms with Crippen LogP contribution in [0.15, 0.2) is 10.8 Å². The highest BCUT2D eigenvalue weighted by atomic mass is 79.9. The summed E-state index contributed by atoms with van der Waals surface area (Å²) in [6.45, 7) is 0. The molecule has 82 valence electrons. The maximum Gasteiger partial charge on any atom is 0.146 e. The van der Waals surface area contributed by atoms with Crippen LogP contribution in [-0.2, 0) is 0 Å². The maximum absolute atomic E-state index is 4.23. The molecule has 0 aliphatic carbocycles. The van der Waals surface area contributed by atoms with Crippen LogP contribution < -0.4 is 10.6 Å². The van der Waals surface area contributed by atoms with Gasteiger partial charge in [0.15, 0.2) is 0 Å². The Labute approximate surface area is 102 Å². The summed E-state index contributed by atoms with van der Waals surface area (Å²) in [6.07, 6.45) is 2.77. The molecule has 1 aromatic rings. The Balaban J connectivity index is 2.13. The van der Waals surface area contributed by atoms with Crippen molar-refractivity contribution in [3.8, 4) is 0 Å². The molecule has 4 nitrogen and oxygen atoms in total. The van der Waals surface area contributed by atoms with E-state index in [2.05, 4.69) is 36.5 Å². The molecule has 1 saturated heterocycles. The second-order valence-electron chi connectivity index (χ2n) is 3.34.